The fourth-order valence-corrected chi connectivity index (χ4v) is 2.88. The van der Waals surface area contributed by atoms with Crippen molar-refractivity contribution in [1.82, 2.24) is 4.72 Å². The summed E-state index contributed by atoms with van der Waals surface area (Å²) in [5.74, 6) is -1.32. The number of unbranched alkanes of at least 4 members (excludes halogenated alkanes) is 2. The lowest BCUT2D eigenvalue weighted by molar-refractivity contribution is 0.0696. The smallest absolute Gasteiger partial charge is 0.335 e. The summed E-state index contributed by atoms with van der Waals surface area (Å²) in [4.78, 5) is 10.8. The number of sulfonamides is 1. The van der Waals surface area contributed by atoms with Crippen LogP contribution in [0.25, 0.3) is 0 Å². The molecule has 0 atom stereocenters. The Labute approximate surface area is 118 Å². The Kier molecular flexibility index (Phi) is 6.63. The number of hydrogen-bond acceptors (Lipinski definition) is 4. The van der Waals surface area contributed by atoms with Crippen molar-refractivity contribution >= 4 is 16.0 Å². The molecule has 3 N–H and O–H groups in total. The van der Waals surface area contributed by atoms with Gasteiger partial charge in [-0.1, -0.05) is 12.1 Å². The van der Waals surface area contributed by atoms with Crippen molar-refractivity contribution in [2.45, 2.75) is 25.0 Å². The van der Waals surface area contributed by atoms with Gasteiger partial charge in [0.25, 0.3) is 0 Å². The van der Waals surface area contributed by atoms with Crippen LogP contribution in [0.5, 0.6) is 0 Å². The van der Waals surface area contributed by atoms with Gasteiger partial charge in [-0.05, 0) is 37.0 Å². The lowest BCUT2D eigenvalue weighted by atomic mass is 10.1. The normalized spacial score (nSPS) is 11.4. The van der Waals surface area contributed by atoms with Crippen LogP contribution in [0.1, 0.15) is 35.2 Å². The maximum absolute atomic E-state index is 11.8. The second-order valence-electron chi connectivity index (χ2n) is 4.44. The van der Waals surface area contributed by atoms with Crippen LogP contribution in [-0.4, -0.2) is 37.8 Å². The van der Waals surface area contributed by atoms with Gasteiger partial charge in [0.2, 0.25) is 10.0 Å². The fraction of sp³-hybridized carbons (Fsp3) is 0.462. The molecule has 0 saturated carbocycles. The highest BCUT2D eigenvalue weighted by molar-refractivity contribution is 7.88. The average molecular weight is 301 g/mol. The molecule has 0 unspecified atom stereocenters. The number of aliphatic hydroxyl groups excluding tert-OH is 1. The zero-order valence-corrected chi connectivity index (χ0v) is 11.9. The molecule has 7 heteroatoms. The third kappa shape index (κ3) is 6.14. The summed E-state index contributed by atoms with van der Waals surface area (Å²) in [6.45, 7) is 0.426. The van der Waals surface area contributed by atoms with Crippen LogP contribution >= 0.6 is 0 Å². The first-order chi connectivity index (χ1) is 9.44. The van der Waals surface area contributed by atoms with Gasteiger partial charge in [0, 0.05) is 13.2 Å². The molecular formula is C13H19NO5S. The van der Waals surface area contributed by atoms with E-state index in [2.05, 4.69) is 4.72 Å². The molecule has 0 radical (unpaired) electrons. The monoisotopic (exact) mass is 301 g/mol. The number of hydrogen-bond donors (Lipinski definition) is 3. The van der Waals surface area contributed by atoms with Crippen molar-refractivity contribution in [3.05, 3.63) is 35.4 Å². The molecule has 20 heavy (non-hydrogen) atoms. The van der Waals surface area contributed by atoms with Gasteiger partial charge in [-0.25, -0.2) is 17.9 Å². The van der Waals surface area contributed by atoms with Gasteiger partial charge < -0.3 is 10.2 Å². The van der Waals surface area contributed by atoms with E-state index >= 15 is 0 Å². The first kappa shape index (κ1) is 16.6. The van der Waals surface area contributed by atoms with Gasteiger partial charge in [0.15, 0.2) is 0 Å². The molecule has 0 bridgehead atoms. The zero-order valence-electron chi connectivity index (χ0n) is 11.1. The second-order valence-corrected chi connectivity index (χ2v) is 6.25. The molecule has 0 spiro atoms. The van der Waals surface area contributed by atoms with Gasteiger partial charge in [-0.15, -0.1) is 0 Å². The molecular weight excluding hydrogens is 282 g/mol. The molecule has 112 valence electrons. The molecule has 0 aliphatic heterocycles. The Balaban J connectivity index is 2.53. The van der Waals surface area contributed by atoms with E-state index in [-0.39, 0.29) is 17.9 Å². The maximum Gasteiger partial charge on any atom is 0.335 e. The first-order valence-corrected chi connectivity index (χ1v) is 8.00. The maximum atomic E-state index is 11.8. The van der Waals surface area contributed by atoms with Crippen molar-refractivity contribution < 1.29 is 23.4 Å². The highest BCUT2D eigenvalue weighted by Crippen LogP contribution is 2.09. The molecule has 0 fully saturated rings. The standard InChI is InChI=1S/C13H19NO5S/c15-8-3-1-2-7-14-20(18,19)10-11-5-4-6-12(9-11)13(16)17/h4-6,9,14-15H,1-3,7-8,10H2,(H,16,17). The van der Waals surface area contributed by atoms with E-state index in [4.69, 9.17) is 10.2 Å². The molecule has 0 aliphatic rings. The van der Waals surface area contributed by atoms with E-state index in [1.807, 2.05) is 0 Å². The molecule has 0 aliphatic carbocycles. The van der Waals surface area contributed by atoms with Crippen molar-refractivity contribution in [1.29, 1.82) is 0 Å². The third-order valence-corrected chi connectivity index (χ3v) is 4.04. The van der Waals surface area contributed by atoms with Gasteiger partial charge in [-0.3, -0.25) is 0 Å². The Morgan fingerprint density at radius 2 is 1.95 bits per heavy atom. The Morgan fingerprint density at radius 1 is 1.20 bits per heavy atom. The number of nitrogens with one attached hydrogen (secondary N) is 1. The Bertz CT molecular complexity index is 541. The molecule has 0 aromatic heterocycles. The number of rotatable bonds is 9. The minimum Gasteiger partial charge on any atom is -0.478 e. The van der Waals surface area contributed by atoms with Crippen molar-refractivity contribution in [3.63, 3.8) is 0 Å². The summed E-state index contributed by atoms with van der Waals surface area (Å²) in [6, 6.07) is 5.88. The number of carboxylic acid groups (broad SMARTS) is 1. The van der Waals surface area contributed by atoms with Crippen LogP contribution in [0.15, 0.2) is 24.3 Å². The van der Waals surface area contributed by atoms with Crippen LogP contribution in [0.4, 0.5) is 0 Å². The first-order valence-electron chi connectivity index (χ1n) is 6.35. The van der Waals surface area contributed by atoms with Gasteiger partial charge >= 0.3 is 5.97 Å². The minimum absolute atomic E-state index is 0.0700. The highest BCUT2D eigenvalue weighted by Gasteiger charge is 2.12. The molecule has 0 saturated heterocycles. The Hall–Kier alpha value is -1.44. The number of aliphatic hydroxyl groups is 1. The SMILES string of the molecule is O=C(O)c1cccc(CS(=O)(=O)NCCCCCO)c1. The van der Waals surface area contributed by atoms with Gasteiger partial charge in [0.1, 0.15) is 0 Å². The zero-order chi connectivity index (χ0) is 15.0. The van der Waals surface area contributed by atoms with Crippen molar-refractivity contribution in [3.8, 4) is 0 Å². The average Bonchev–Trinajstić information content (AvgIpc) is 2.38. The molecule has 0 amide bonds. The Morgan fingerprint density at radius 3 is 2.60 bits per heavy atom. The summed E-state index contributed by atoms with van der Waals surface area (Å²) in [6.07, 6.45) is 2.07. The van der Waals surface area contributed by atoms with Crippen LogP contribution in [-0.2, 0) is 15.8 Å². The number of carbonyl (C=O) groups is 1. The van der Waals surface area contributed by atoms with E-state index in [0.29, 0.717) is 24.9 Å². The van der Waals surface area contributed by atoms with Crippen molar-refractivity contribution in [2.24, 2.45) is 0 Å². The van der Waals surface area contributed by atoms with E-state index in [9.17, 15) is 13.2 Å². The predicted octanol–water partition coefficient (Wildman–Crippen LogP) is 0.967. The van der Waals surface area contributed by atoms with Crippen LogP contribution in [0.3, 0.4) is 0 Å². The lowest BCUT2D eigenvalue weighted by Crippen LogP contribution is -2.26. The summed E-state index contributed by atoms with van der Waals surface area (Å²) < 4.78 is 26.1. The summed E-state index contributed by atoms with van der Waals surface area (Å²) >= 11 is 0. The molecule has 6 nitrogen and oxygen atoms in total. The number of benzene rings is 1. The topological polar surface area (TPSA) is 104 Å². The molecule has 1 aromatic carbocycles. The molecule has 1 aromatic rings. The van der Waals surface area contributed by atoms with Gasteiger partial charge in [-0.2, -0.15) is 0 Å². The summed E-state index contributed by atoms with van der Waals surface area (Å²) in [5.41, 5.74) is 0.508. The van der Waals surface area contributed by atoms with Crippen LogP contribution in [0.2, 0.25) is 0 Å². The molecule has 1 rings (SSSR count). The minimum atomic E-state index is -3.47. The highest BCUT2D eigenvalue weighted by atomic mass is 32.2. The fourth-order valence-electron chi connectivity index (χ4n) is 1.71. The van der Waals surface area contributed by atoms with Crippen LogP contribution in [0, 0.1) is 0 Å². The van der Waals surface area contributed by atoms with Crippen LogP contribution < -0.4 is 4.72 Å². The van der Waals surface area contributed by atoms with Crippen molar-refractivity contribution in [2.75, 3.05) is 13.2 Å². The number of aromatic carboxylic acids is 1. The largest absolute Gasteiger partial charge is 0.478 e. The van der Waals surface area contributed by atoms with E-state index in [0.717, 1.165) is 6.42 Å². The number of carboxylic acids is 1. The second kappa shape index (κ2) is 7.98. The molecule has 0 heterocycles. The summed E-state index contributed by atoms with van der Waals surface area (Å²) in [5, 5.41) is 17.5. The lowest BCUT2D eigenvalue weighted by Gasteiger charge is -2.07. The van der Waals surface area contributed by atoms with Gasteiger partial charge in [0.05, 0.1) is 11.3 Å². The van der Waals surface area contributed by atoms with E-state index < -0.39 is 16.0 Å². The van der Waals surface area contributed by atoms with E-state index in [1.54, 1.807) is 6.07 Å². The predicted molar refractivity (Wildman–Crippen MR) is 75.0 cm³/mol. The quantitative estimate of drug-likeness (QED) is 0.590. The van der Waals surface area contributed by atoms with E-state index in [1.165, 1.54) is 18.2 Å². The summed E-state index contributed by atoms with van der Waals surface area (Å²) in [7, 11) is -3.47. The third-order valence-electron chi connectivity index (χ3n) is 2.69.